The van der Waals surface area contributed by atoms with Crippen molar-refractivity contribution in [3.8, 4) is 0 Å². The minimum Gasteiger partial charge on any atom is -0.294 e. The van der Waals surface area contributed by atoms with Gasteiger partial charge in [-0.1, -0.05) is 26.0 Å². The number of benzene rings is 1. The third kappa shape index (κ3) is 3.64. The zero-order valence-corrected chi connectivity index (χ0v) is 10.9. The molecule has 17 heavy (non-hydrogen) atoms. The van der Waals surface area contributed by atoms with Gasteiger partial charge in [0, 0.05) is 18.5 Å². The van der Waals surface area contributed by atoms with E-state index in [0.29, 0.717) is 18.5 Å². The van der Waals surface area contributed by atoms with Gasteiger partial charge < -0.3 is 0 Å². The summed E-state index contributed by atoms with van der Waals surface area (Å²) < 4.78 is 26.0. The van der Waals surface area contributed by atoms with Gasteiger partial charge in [0.05, 0.1) is 4.90 Å². The Bertz CT molecular complexity index is 477. The van der Waals surface area contributed by atoms with Gasteiger partial charge in [-0.2, -0.15) is 0 Å². The molecule has 0 aliphatic heterocycles. The fourth-order valence-electron chi connectivity index (χ4n) is 1.34. The second kappa shape index (κ2) is 5.93. The van der Waals surface area contributed by atoms with Gasteiger partial charge in [-0.3, -0.25) is 4.79 Å². The van der Waals surface area contributed by atoms with Gasteiger partial charge >= 0.3 is 0 Å². The van der Waals surface area contributed by atoms with Crippen molar-refractivity contribution in [1.82, 2.24) is 4.72 Å². The number of carbonyl (C=O) groups excluding carboxylic acids is 1. The van der Waals surface area contributed by atoms with Crippen LogP contribution in [0.1, 0.15) is 37.0 Å². The molecule has 0 atom stereocenters. The SMILES string of the molecule is CCCNS(=O)(=O)c1ccc(C(=O)CC)cc1. The molecular formula is C12H17NO3S. The molecule has 4 nitrogen and oxygen atoms in total. The number of nitrogens with one attached hydrogen (secondary N) is 1. The minimum absolute atomic E-state index is 0.00969. The van der Waals surface area contributed by atoms with E-state index in [1.54, 1.807) is 19.1 Å². The van der Waals surface area contributed by atoms with Crippen LogP contribution >= 0.6 is 0 Å². The van der Waals surface area contributed by atoms with E-state index in [9.17, 15) is 13.2 Å². The quantitative estimate of drug-likeness (QED) is 0.790. The molecule has 5 heteroatoms. The lowest BCUT2D eigenvalue weighted by molar-refractivity contribution is 0.0988. The lowest BCUT2D eigenvalue weighted by atomic mass is 10.1. The highest BCUT2D eigenvalue weighted by molar-refractivity contribution is 7.89. The summed E-state index contributed by atoms with van der Waals surface area (Å²) in [7, 11) is -3.43. The predicted octanol–water partition coefficient (Wildman–Crippen LogP) is 1.97. The van der Waals surface area contributed by atoms with E-state index < -0.39 is 10.0 Å². The van der Waals surface area contributed by atoms with Crippen LogP contribution in [0.4, 0.5) is 0 Å². The average molecular weight is 255 g/mol. The van der Waals surface area contributed by atoms with Crippen LogP contribution in [0.2, 0.25) is 0 Å². The van der Waals surface area contributed by atoms with E-state index in [0.717, 1.165) is 6.42 Å². The number of sulfonamides is 1. The maximum atomic E-state index is 11.7. The lowest BCUT2D eigenvalue weighted by Gasteiger charge is -2.06. The standard InChI is InChI=1S/C12H17NO3S/c1-3-9-13-17(15,16)11-7-5-10(6-8-11)12(14)4-2/h5-8,13H,3-4,9H2,1-2H3. The summed E-state index contributed by atoms with van der Waals surface area (Å²) in [4.78, 5) is 11.6. The molecule has 0 aliphatic carbocycles. The molecule has 0 radical (unpaired) electrons. The number of Topliss-reactive ketones (excluding diaryl/α,β-unsaturated/α-hetero) is 1. The predicted molar refractivity (Wildman–Crippen MR) is 66.5 cm³/mol. The van der Waals surface area contributed by atoms with E-state index in [1.165, 1.54) is 12.1 Å². The Labute approximate surface area is 102 Å². The van der Waals surface area contributed by atoms with Crippen molar-refractivity contribution in [2.45, 2.75) is 31.6 Å². The summed E-state index contributed by atoms with van der Waals surface area (Å²) in [6.07, 6.45) is 1.16. The number of hydrogen-bond acceptors (Lipinski definition) is 3. The third-order valence-electron chi connectivity index (χ3n) is 2.35. The Morgan fingerprint density at radius 1 is 1.18 bits per heavy atom. The summed E-state index contributed by atoms with van der Waals surface area (Å²) in [5.41, 5.74) is 0.543. The summed E-state index contributed by atoms with van der Waals surface area (Å²) in [5, 5.41) is 0. The minimum atomic E-state index is -3.43. The number of ketones is 1. The normalized spacial score (nSPS) is 11.4. The number of hydrogen-bond donors (Lipinski definition) is 1. The molecule has 1 aromatic carbocycles. The summed E-state index contributed by atoms with van der Waals surface area (Å²) in [5.74, 6) is 0.00969. The van der Waals surface area contributed by atoms with Gasteiger partial charge in [0.2, 0.25) is 10.0 Å². The van der Waals surface area contributed by atoms with Gasteiger partial charge in [-0.25, -0.2) is 13.1 Å². The average Bonchev–Trinajstić information content (AvgIpc) is 2.35. The van der Waals surface area contributed by atoms with Crippen molar-refractivity contribution < 1.29 is 13.2 Å². The third-order valence-corrected chi connectivity index (χ3v) is 3.83. The van der Waals surface area contributed by atoms with E-state index in [-0.39, 0.29) is 10.7 Å². The molecule has 0 unspecified atom stereocenters. The topological polar surface area (TPSA) is 63.2 Å². The van der Waals surface area contributed by atoms with Gasteiger partial charge in [0.25, 0.3) is 0 Å². The van der Waals surface area contributed by atoms with Gasteiger partial charge in [-0.05, 0) is 18.6 Å². The second-order valence-electron chi connectivity index (χ2n) is 3.70. The fraction of sp³-hybridized carbons (Fsp3) is 0.417. The molecule has 1 N–H and O–H groups in total. The van der Waals surface area contributed by atoms with Crippen LogP contribution in [0, 0.1) is 0 Å². The number of carbonyl (C=O) groups is 1. The first-order valence-electron chi connectivity index (χ1n) is 5.64. The molecule has 0 aromatic heterocycles. The van der Waals surface area contributed by atoms with Crippen molar-refractivity contribution in [3.63, 3.8) is 0 Å². The van der Waals surface area contributed by atoms with Crippen LogP contribution in [-0.2, 0) is 10.0 Å². The lowest BCUT2D eigenvalue weighted by Crippen LogP contribution is -2.24. The van der Waals surface area contributed by atoms with Crippen LogP contribution in [0.25, 0.3) is 0 Å². The first-order valence-corrected chi connectivity index (χ1v) is 7.12. The molecule has 0 bridgehead atoms. The highest BCUT2D eigenvalue weighted by Crippen LogP contribution is 2.11. The van der Waals surface area contributed by atoms with Crippen LogP contribution < -0.4 is 4.72 Å². The van der Waals surface area contributed by atoms with Crippen molar-refractivity contribution in [1.29, 1.82) is 0 Å². The van der Waals surface area contributed by atoms with Gasteiger partial charge in [-0.15, -0.1) is 0 Å². The van der Waals surface area contributed by atoms with Crippen molar-refractivity contribution in [2.24, 2.45) is 0 Å². The molecular weight excluding hydrogens is 238 g/mol. The summed E-state index contributed by atoms with van der Waals surface area (Å²) in [6, 6.07) is 6.01. The molecule has 0 fully saturated rings. The van der Waals surface area contributed by atoms with E-state index in [4.69, 9.17) is 0 Å². The smallest absolute Gasteiger partial charge is 0.240 e. The maximum absolute atomic E-state index is 11.7. The molecule has 94 valence electrons. The van der Waals surface area contributed by atoms with Crippen LogP contribution in [-0.4, -0.2) is 20.7 Å². The number of rotatable bonds is 6. The molecule has 0 spiro atoms. The maximum Gasteiger partial charge on any atom is 0.240 e. The highest BCUT2D eigenvalue weighted by atomic mass is 32.2. The van der Waals surface area contributed by atoms with E-state index in [2.05, 4.69) is 4.72 Å². The first kappa shape index (κ1) is 13.9. The first-order chi connectivity index (χ1) is 8.01. The van der Waals surface area contributed by atoms with E-state index >= 15 is 0 Å². The molecule has 0 aliphatic rings. The largest absolute Gasteiger partial charge is 0.294 e. The molecule has 0 heterocycles. The van der Waals surface area contributed by atoms with Gasteiger partial charge in [0.1, 0.15) is 0 Å². The van der Waals surface area contributed by atoms with Gasteiger partial charge in [0.15, 0.2) is 5.78 Å². The van der Waals surface area contributed by atoms with Crippen LogP contribution in [0.5, 0.6) is 0 Å². The Kier molecular flexibility index (Phi) is 4.84. The van der Waals surface area contributed by atoms with Crippen molar-refractivity contribution in [2.75, 3.05) is 6.54 Å². The monoisotopic (exact) mass is 255 g/mol. The van der Waals surface area contributed by atoms with Crippen molar-refractivity contribution >= 4 is 15.8 Å². The molecule has 0 amide bonds. The zero-order valence-electron chi connectivity index (χ0n) is 10.1. The van der Waals surface area contributed by atoms with E-state index in [1.807, 2.05) is 6.92 Å². The highest BCUT2D eigenvalue weighted by Gasteiger charge is 2.13. The second-order valence-corrected chi connectivity index (χ2v) is 5.47. The Hall–Kier alpha value is -1.20. The molecule has 0 saturated carbocycles. The Morgan fingerprint density at radius 2 is 1.76 bits per heavy atom. The van der Waals surface area contributed by atoms with Crippen LogP contribution in [0.15, 0.2) is 29.2 Å². The zero-order chi connectivity index (χ0) is 12.9. The summed E-state index contributed by atoms with van der Waals surface area (Å²) in [6.45, 7) is 4.08. The Morgan fingerprint density at radius 3 is 2.24 bits per heavy atom. The summed E-state index contributed by atoms with van der Waals surface area (Å²) >= 11 is 0. The molecule has 1 aromatic rings. The Balaban J connectivity index is 2.91. The molecule has 0 saturated heterocycles. The molecule has 1 rings (SSSR count). The fourth-order valence-corrected chi connectivity index (χ4v) is 2.48. The van der Waals surface area contributed by atoms with Crippen molar-refractivity contribution in [3.05, 3.63) is 29.8 Å². The van der Waals surface area contributed by atoms with Crippen LogP contribution in [0.3, 0.4) is 0 Å².